The number of ether oxygens (including phenoxy) is 2. The molecule has 0 heterocycles. The summed E-state index contributed by atoms with van der Waals surface area (Å²) in [6.45, 7) is 11.2. The van der Waals surface area contributed by atoms with Gasteiger partial charge in [0.15, 0.2) is 0 Å². The number of methoxy groups -OCH3 is 1. The second-order valence-electron chi connectivity index (χ2n) is 7.95. The van der Waals surface area contributed by atoms with Gasteiger partial charge in [-0.3, -0.25) is 0 Å². The molecule has 0 saturated heterocycles. The summed E-state index contributed by atoms with van der Waals surface area (Å²) in [4.78, 5) is 0. The van der Waals surface area contributed by atoms with Crippen molar-refractivity contribution in [2.75, 3.05) is 7.11 Å². The van der Waals surface area contributed by atoms with E-state index in [1.54, 1.807) is 7.11 Å². The zero-order valence-corrected chi connectivity index (χ0v) is 15.8. The van der Waals surface area contributed by atoms with Crippen molar-refractivity contribution in [1.29, 1.82) is 0 Å². The third kappa shape index (κ3) is 5.06. The summed E-state index contributed by atoms with van der Waals surface area (Å²) in [5.74, 6) is 9.05. The van der Waals surface area contributed by atoms with Crippen molar-refractivity contribution < 1.29 is 9.47 Å². The summed E-state index contributed by atoms with van der Waals surface area (Å²) in [6, 6.07) is 10.2. The van der Waals surface area contributed by atoms with Crippen LogP contribution in [0.2, 0.25) is 0 Å². The lowest BCUT2D eigenvalue weighted by Crippen LogP contribution is -2.21. The van der Waals surface area contributed by atoms with Crippen LogP contribution >= 0.6 is 0 Å². The number of hydrogen-bond donors (Lipinski definition) is 0. The molecule has 0 spiro atoms. The van der Waals surface area contributed by atoms with E-state index in [1.165, 1.54) is 0 Å². The highest BCUT2D eigenvalue weighted by atomic mass is 16.5. The van der Waals surface area contributed by atoms with E-state index < -0.39 is 0 Å². The molecule has 0 N–H and O–H groups in total. The van der Waals surface area contributed by atoms with Crippen LogP contribution in [0.4, 0.5) is 0 Å². The van der Waals surface area contributed by atoms with Gasteiger partial charge >= 0.3 is 0 Å². The van der Waals surface area contributed by atoms with E-state index in [2.05, 4.69) is 51.7 Å². The summed E-state index contributed by atoms with van der Waals surface area (Å²) in [7, 11) is 1.71. The Morgan fingerprint density at radius 3 is 2.42 bits per heavy atom. The molecule has 3 unspecified atom stereocenters. The molecule has 0 aliphatic heterocycles. The topological polar surface area (TPSA) is 18.5 Å². The lowest BCUT2D eigenvalue weighted by Gasteiger charge is -2.29. The number of rotatable bonds is 6. The average molecular weight is 326 g/mol. The molecule has 0 saturated carbocycles. The van der Waals surface area contributed by atoms with Crippen LogP contribution in [0.3, 0.4) is 0 Å². The Labute approximate surface area is 147 Å². The molecule has 2 rings (SSSR count). The molecule has 0 radical (unpaired) electrons. The molecule has 0 bridgehead atoms. The molecule has 2 heteroatoms. The van der Waals surface area contributed by atoms with Crippen LogP contribution < -0.4 is 0 Å². The molecule has 1 aromatic carbocycles. The van der Waals surface area contributed by atoms with E-state index in [4.69, 9.17) is 9.47 Å². The maximum atomic E-state index is 6.09. The summed E-state index contributed by atoms with van der Waals surface area (Å²) >= 11 is 0. The highest BCUT2D eigenvalue weighted by molar-refractivity contribution is 5.33. The van der Waals surface area contributed by atoms with Gasteiger partial charge in [-0.2, -0.15) is 0 Å². The molecule has 2 nitrogen and oxygen atoms in total. The van der Waals surface area contributed by atoms with Crippen LogP contribution in [0.5, 0.6) is 0 Å². The van der Waals surface area contributed by atoms with Gasteiger partial charge in [0.2, 0.25) is 5.76 Å². The van der Waals surface area contributed by atoms with Gasteiger partial charge in [0, 0.05) is 12.3 Å². The lowest BCUT2D eigenvalue weighted by atomic mass is 9.77. The predicted molar refractivity (Wildman–Crippen MR) is 99.1 cm³/mol. The number of hydrogen-bond acceptors (Lipinski definition) is 2. The molecule has 24 heavy (non-hydrogen) atoms. The summed E-state index contributed by atoms with van der Waals surface area (Å²) < 4.78 is 11.7. The molecule has 1 aliphatic rings. The Bertz CT molecular complexity index is 625. The fourth-order valence-electron chi connectivity index (χ4n) is 3.26. The second kappa shape index (κ2) is 7.79. The molecule has 130 valence electrons. The van der Waals surface area contributed by atoms with Crippen molar-refractivity contribution in [3.05, 3.63) is 47.4 Å². The minimum Gasteiger partial charge on any atom is -0.496 e. The van der Waals surface area contributed by atoms with Crippen LogP contribution in [0, 0.1) is 29.1 Å². The van der Waals surface area contributed by atoms with Gasteiger partial charge in [0.05, 0.1) is 7.11 Å². The van der Waals surface area contributed by atoms with E-state index in [9.17, 15) is 0 Å². The minimum atomic E-state index is -0.0378. The van der Waals surface area contributed by atoms with Crippen LogP contribution in [0.15, 0.2) is 41.9 Å². The quantitative estimate of drug-likeness (QED) is 0.623. The first kappa shape index (κ1) is 18.5. The summed E-state index contributed by atoms with van der Waals surface area (Å²) in [5.41, 5.74) is 1.46. The molecule has 3 atom stereocenters. The highest BCUT2D eigenvalue weighted by Gasteiger charge is 2.27. The van der Waals surface area contributed by atoms with Gasteiger partial charge in [-0.15, -0.1) is 0 Å². The first-order chi connectivity index (χ1) is 11.3. The molecular formula is C22H30O2. The molecule has 1 aliphatic carbocycles. The van der Waals surface area contributed by atoms with Crippen LogP contribution in [-0.2, 0) is 9.47 Å². The standard InChI is InChI=1S/C22H30O2/c1-16(15-22(3,4)5)19-12-13-20(21(14-19)23-6)24-17(2)18-10-8-7-9-11-18/h7-11,16-17,19H,14-15H2,1-6H3. The molecule has 0 fully saturated rings. The zero-order valence-electron chi connectivity index (χ0n) is 15.8. The van der Waals surface area contributed by atoms with Crippen molar-refractivity contribution in [2.24, 2.45) is 17.3 Å². The van der Waals surface area contributed by atoms with E-state index in [-0.39, 0.29) is 6.10 Å². The predicted octanol–water partition coefficient (Wildman–Crippen LogP) is 5.72. The van der Waals surface area contributed by atoms with Crippen molar-refractivity contribution >= 4 is 0 Å². The average Bonchev–Trinajstić information content (AvgIpc) is 2.54. The first-order valence-electron chi connectivity index (χ1n) is 8.80. The van der Waals surface area contributed by atoms with Gasteiger partial charge in [-0.1, -0.05) is 63.9 Å². The largest absolute Gasteiger partial charge is 0.496 e. The van der Waals surface area contributed by atoms with E-state index >= 15 is 0 Å². The number of allylic oxidation sites excluding steroid dienone is 2. The van der Waals surface area contributed by atoms with E-state index in [1.807, 2.05) is 25.1 Å². The smallest absolute Gasteiger partial charge is 0.209 e. The normalized spacial score (nSPS) is 20.0. The third-order valence-electron chi connectivity index (χ3n) is 4.46. The SMILES string of the molecule is COC1=C(OC(C)c2ccccc2)C#CC(C(C)CC(C)(C)C)C1. The lowest BCUT2D eigenvalue weighted by molar-refractivity contribution is 0.118. The Kier molecular flexibility index (Phi) is 5.99. The second-order valence-corrected chi connectivity index (χ2v) is 7.95. The van der Waals surface area contributed by atoms with Crippen molar-refractivity contribution in [3.63, 3.8) is 0 Å². The Hall–Kier alpha value is -1.88. The highest BCUT2D eigenvalue weighted by Crippen LogP contribution is 2.34. The van der Waals surface area contributed by atoms with Gasteiger partial charge in [-0.25, -0.2) is 0 Å². The summed E-state index contributed by atoms with van der Waals surface area (Å²) in [6.07, 6.45) is 1.95. The van der Waals surface area contributed by atoms with Gasteiger partial charge in [0.1, 0.15) is 11.9 Å². The van der Waals surface area contributed by atoms with Gasteiger partial charge in [0.25, 0.3) is 0 Å². The minimum absolute atomic E-state index is 0.0378. The summed E-state index contributed by atoms with van der Waals surface area (Å²) in [5, 5.41) is 0. The Morgan fingerprint density at radius 1 is 1.17 bits per heavy atom. The Balaban J connectivity index is 2.08. The monoisotopic (exact) mass is 326 g/mol. The number of benzene rings is 1. The Morgan fingerprint density at radius 2 is 1.83 bits per heavy atom. The third-order valence-corrected chi connectivity index (χ3v) is 4.46. The van der Waals surface area contributed by atoms with Crippen molar-refractivity contribution in [1.82, 2.24) is 0 Å². The molecule has 1 aromatic rings. The molecular weight excluding hydrogens is 296 g/mol. The molecule has 0 aromatic heterocycles. The van der Waals surface area contributed by atoms with Crippen LogP contribution in [0.1, 0.15) is 59.1 Å². The van der Waals surface area contributed by atoms with E-state index in [0.717, 1.165) is 24.2 Å². The fraction of sp³-hybridized carbons (Fsp3) is 0.545. The van der Waals surface area contributed by atoms with Crippen molar-refractivity contribution in [2.45, 2.75) is 53.6 Å². The van der Waals surface area contributed by atoms with Crippen LogP contribution in [-0.4, -0.2) is 7.11 Å². The first-order valence-corrected chi connectivity index (χ1v) is 8.80. The van der Waals surface area contributed by atoms with Crippen LogP contribution in [0.25, 0.3) is 0 Å². The maximum Gasteiger partial charge on any atom is 0.209 e. The fourth-order valence-corrected chi connectivity index (χ4v) is 3.26. The maximum absolute atomic E-state index is 6.09. The van der Waals surface area contributed by atoms with Gasteiger partial charge < -0.3 is 9.47 Å². The van der Waals surface area contributed by atoms with E-state index in [0.29, 0.717) is 23.0 Å². The molecule has 0 amide bonds. The zero-order chi connectivity index (χ0) is 17.7. The van der Waals surface area contributed by atoms with Gasteiger partial charge in [-0.05, 0) is 36.2 Å². The van der Waals surface area contributed by atoms with Crippen molar-refractivity contribution in [3.8, 4) is 11.8 Å².